The van der Waals surface area contributed by atoms with Crippen molar-refractivity contribution in [2.75, 3.05) is 18.1 Å². The van der Waals surface area contributed by atoms with E-state index < -0.39 is 29.9 Å². The third kappa shape index (κ3) is 5.61. The molecule has 1 aromatic carbocycles. The topological polar surface area (TPSA) is 151 Å². The Labute approximate surface area is 192 Å². The van der Waals surface area contributed by atoms with Crippen molar-refractivity contribution in [2.24, 2.45) is 0 Å². The van der Waals surface area contributed by atoms with E-state index in [0.717, 1.165) is 6.07 Å². The average molecular weight is 479 g/mol. The highest BCUT2D eigenvalue weighted by molar-refractivity contribution is 5.94. The average Bonchev–Trinajstić information content (AvgIpc) is 3.26. The van der Waals surface area contributed by atoms with Gasteiger partial charge in [0, 0.05) is 23.9 Å². The smallest absolute Gasteiger partial charge is 0.383 e. The fraction of sp³-hybridized carbons (Fsp3) is 0.333. The zero-order valence-corrected chi connectivity index (χ0v) is 18.6. The first-order valence-electron chi connectivity index (χ1n) is 10.1. The Morgan fingerprint density at radius 2 is 2.00 bits per heavy atom. The Bertz CT molecular complexity index is 1170. The Morgan fingerprint density at radius 1 is 1.26 bits per heavy atom. The number of aromatic nitrogens is 3. The molecule has 182 valence electrons. The summed E-state index contributed by atoms with van der Waals surface area (Å²) < 4.78 is 44.5. The fourth-order valence-corrected chi connectivity index (χ4v) is 3.19. The zero-order valence-electron chi connectivity index (χ0n) is 18.6. The fourth-order valence-electron chi connectivity index (χ4n) is 3.19. The number of benzene rings is 1. The van der Waals surface area contributed by atoms with Gasteiger partial charge in [-0.3, -0.25) is 4.79 Å². The van der Waals surface area contributed by atoms with E-state index in [0.29, 0.717) is 5.56 Å². The van der Waals surface area contributed by atoms with Crippen LogP contribution in [-0.2, 0) is 12.7 Å². The monoisotopic (exact) mass is 479 g/mol. The van der Waals surface area contributed by atoms with Crippen molar-refractivity contribution in [2.45, 2.75) is 38.8 Å². The number of amides is 1. The Morgan fingerprint density at radius 3 is 2.68 bits per heavy atom. The van der Waals surface area contributed by atoms with E-state index >= 15 is 0 Å². The van der Waals surface area contributed by atoms with E-state index in [-0.39, 0.29) is 40.8 Å². The maximum absolute atomic E-state index is 13.1. The van der Waals surface area contributed by atoms with E-state index in [9.17, 15) is 23.1 Å². The molecule has 0 saturated heterocycles. The van der Waals surface area contributed by atoms with Gasteiger partial charge in [-0.15, -0.1) is 0 Å². The molecule has 0 spiro atoms. The molecule has 0 radical (unpaired) electrons. The van der Waals surface area contributed by atoms with Crippen LogP contribution in [-0.4, -0.2) is 33.2 Å². The van der Waals surface area contributed by atoms with Crippen LogP contribution in [0.1, 0.15) is 57.8 Å². The van der Waals surface area contributed by atoms with Crippen LogP contribution >= 0.6 is 0 Å². The standard InChI is InChI=1S/C21H24F3N7O3/c1-10-4-5-12(6-14(10)21(22,23)24)30-19(32)16-7-15(31-34-16)11(2)29-20(33)17-13(8-26-3)18(25)28-9-27-17/h4-7,9,11,19,26,30,32H,8H2,1-3H3,(H,29,33)(H2,25,27,28)/t11-,19?/m1/s1. The molecule has 13 heteroatoms. The Kier molecular flexibility index (Phi) is 7.37. The minimum Gasteiger partial charge on any atom is -0.383 e. The summed E-state index contributed by atoms with van der Waals surface area (Å²) in [6.07, 6.45) is -4.82. The number of halogens is 3. The van der Waals surface area contributed by atoms with Crippen LogP contribution in [0.3, 0.4) is 0 Å². The number of carbonyl (C=O) groups is 1. The summed E-state index contributed by atoms with van der Waals surface area (Å²) in [7, 11) is 1.69. The zero-order chi connectivity index (χ0) is 25.0. The van der Waals surface area contributed by atoms with E-state index in [1.807, 2.05) is 0 Å². The van der Waals surface area contributed by atoms with E-state index in [1.165, 1.54) is 31.5 Å². The summed E-state index contributed by atoms with van der Waals surface area (Å²) in [5.74, 6) is -0.397. The van der Waals surface area contributed by atoms with Gasteiger partial charge >= 0.3 is 6.18 Å². The number of anilines is 2. The van der Waals surface area contributed by atoms with Crippen molar-refractivity contribution in [1.82, 2.24) is 25.8 Å². The van der Waals surface area contributed by atoms with E-state index in [2.05, 4.69) is 31.1 Å². The van der Waals surface area contributed by atoms with E-state index in [4.69, 9.17) is 10.3 Å². The first-order valence-corrected chi connectivity index (χ1v) is 10.1. The predicted molar refractivity (Wildman–Crippen MR) is 116 cm³/mol. The number of aliphatic hydroxyl groups is 1. The minimum atomic E-state index is -4.53. The highest BCUT2D eigenvalue weighted by atomic mass is 19.4. The van der Waals surface area contributed by atoms with Crippen molar-refractivity contribution in [3.05, 3.63) is 64.4 Å². The lowest BCUT2D eigenvalue weighted by molar-refractivity contribution is -0.138. The van der Waals surface area contributed by atoms with Gasteiger partial charge in [-0.2, -0.15) is 13.2 Å². The third-order valence-electron chi connectivity index (χ3n) is 5.00. The maximum atomic E-state index is 13.1. The molecule has 0 fully saturated rings. The van der Waals surface area contributed by atoms with Crippen LogP contribution in [0.25, 0.3) is 0 Å². The second kappa shape index (κ2) is 10.1. The molecular formula is C21H24F3N7O3. The number of nitrogens with two attached hydrogens (primary N) is 1. The maximum Gasteiger partial charge on any atom is 0.416 e. The van der Waals surface area contributed by atoms with Gasteiger partial charge < -0.3 is 31.3 Å². The molecule has 10 nitrogen and oxygen atoms in total. The molecule has 3 aromatic rings. The van der Waals surface area contributed by atoms with Gasteiger partial charge in [-0.25, -0.2) is 9.97 Å². The first-order chi connectivity index (χ1) is 16.0. The van der Waals surface area contributed by atoms with Crippen molar-refractivity contribution in [3.8, 4) is 0 Å². The number of rotatable bonds is 8. The van der Waals surface area contributed by atoms with Crippen molar-refractivity contribution >= 4 is 17.4 Å². The number of hydrogen-bond acceptors (Lipinski definition) is 9. The quantitative estimate of drug-likeness (QED) is 0.307. The lowest BCUT2D eigenvalue weighted by Crippen LogP contribution is -2.30. The van der Waals surface area contributed by atoms with Crippen molar-refractivity contribution < 1.29 is 27.6 Å². The number of carbonyl (C=O) groups excluding carboxylic acids is 1. The van der Waals surface area contributed by atoms with Gasteiger partial charge in [0.05, 0.1) is 11.6 Å². The summed E-state index contributed by atoms with van der Waals surface area (Å²) in [6, 6.07) is 4.33. The highest BCUT2D eigenvalue weighted by Gasteiger charge is 2.32. The highest BCUT2D eigenvalue weighted by Crippen LogP contribution is 2.34. The lowest BCUT2D eigenvalue weighted by atomic mass is 10.1. The molecular weight excluding hydrogens is 455 g/mol. The predicted octanol–water partition coefficient (Wildman–Crippen LogP) is 2.69. The minimum absolute atomic E-state index is 0.0446. The third-order valence-corrected chi connectivity index (χ3v) is 5.00. The summed E-state index contributed by atoms with van der Waals surface area (Å²) in [6.45, 7) is 3.26. The molecule has 2 heterocycles. The summed E-state index contributed by atoms with van der Waals surface area (Å²) in [5.41, 5.74) is 5.93. The largest absolute Gasteiger partial charge is 0.416 e. The van der Waals surface area contributed by atoms with Gasteiger partial charge in [0.2, 0.25) is 0 Å². The Hall–Kier alpha value is -3.71. The number of aryl methyl sites for hydroxylation is 1. The first kappa shape index (κ1) is 24.9. The molecule has 0 bridgehead atoms. The molecule has 0 aliphatic rings. The number of nitrogen functional groups attached to an aromatic ring is 1. The molecule has 2 aromatic heterocycles. The normalized spacial score (nSPS) is 13.4. The van der Waals surface area contributed by atoms with Gasteiger partial charge in [-0.05, 0) is 38.6 Å². The molecule has 3 rings (SSSR count). The number of alkyl halides is 3. The lowest BCUT2D eigenvalue weighted by Gasteiger charge is -2.15. The van der Waals surface area contributed by atoms with E-state index in [1.54, 1.807) is 14.0 Å². The summed E-state index contributed by atoms with van der Waals surface area (Å²) in [4.78, 5) is 20.6. The molecule has 2 atom stereocenters. The van der Waals surface area contributed by atoms with Crippen LogP contribution < -0.4 is 21.7 Å². The number of nitrogens with zero attached hydrogens (tertiary/aromatic N) is 3. The van der Waals surface area contributed by atoms with Crippen LogP contribution in [0.15, 0.2) is 35.1 Å². The Balaban J connectivity index is 1.70. The second-order valence-electron chi connectivity index (χ2n) is 7.54. The molecule has 0 aliphatic heterocycles. The second-order valence-corrected chi connectivity index (χ2v) is 7.54. The van der Waals surface area contributed by atoms with Crippen LogP contribution in [0.4, 0.5) is 24.7 Å². The van der Waals surface area contributed by atoms with Gasteiger partial charge in [0.15, 0.2) is 12.0 Å². The number of aliphatic hydroxyl groups excluding tert-OH is 1. The molecule has 0 aliphatic carbocycles. The summed E-state index contributed by atoms with van der Waals surface area (Å²) in [5, 5.41) is 22.3. The van der Waals surface area contributed by atoms with Gasteiger partial charge in [-0.1, -0.05) is 11.2 Å². The number of nitrogens with one attached hydrogen (secondary N) is 3. The van der Waals surface area contributed by atoms with Crippen LogP contribution in [0.2, 0.25) is 0 Å². The molecule has 1 unspecified atom stereocenters. The van der Waals surface area contributed by atoms with Crippen LogP contribution in [0, 0.1) is 6.92 Å². The van der Waals surface area contributed by atoms with Crippen molar-refractivity contribution in [3.63, 3.8) is 0 Å². The molecule has 1 amide bonds. The van der Waals surface area contributed by atoms with Crippen molar-refractivity contribution in [1.29, 1.82) is 0 Å². The van der Waals surface area contributed by atoms with Crippen LogP contribution in [0.5, 0.6) is 0 Å². The molecule has 0 saturated carbocycles. The summed E-state index contributed by atoms with van der Waals surface area (Å²) >= 11 is 0. The molecule has 6 N–H and O–H groups in total. The molecule has 34 heavy (non-hydrogen) atoms. The SMILES string of the molecule is CNCc1c(N)ncnc1C(=O)N[C@H](C)c1cc(C(O)Nc2ccc(C)c(C(F)(F)F)c2)on1. The van der Waals surface area contributed by atoms with Gasteiger partial charge in [0.25, 0.3) is 5.91 Å². The number of hydrogen-bond donors (Lipinski definition) is 5. The van der Waals surface area contributed by atoms with Gasteiger partial charge in [0.1, 0.15) is 23.5 Å².